The van der Waals surface area contributed by atoms with E-state index in [0.29, 0.717) is 19.5 Å². The fourth-order valence-electron chi connectivity index (χ4n) is 1.33. The van der Waals surface area contributed by atoms with Gasteiger partial charge in [0.05, 0.1) is 0 Å². The van der Waals surface area contributed by atoms with Gasteiger partial charge in [-0.25, -0.2) is 4.79 Å². The summed E-state index contributed by atoms with van der Waals surface area (Å²) in [5.74, 6) is 0. The van der Waals surface area contributed by atoms with Crippen LogP contribution in [0.1, 0.15) is 17.5 Å². The van der Waals surface area contributed by atoms with Crippen molar-refractivity contribution in [1.29, 1.82) is 0 Å². The molecule has 4 nitrogen and oxygen atoms in total. The minimum absolute atomic E-state index is 0.0953. The van der Waals surface area contributed by atoms with Gasteiger partial charge in [-0.05, 0) is 24.5 Å². The molecule has 0 aromatic heterocycles. The van der Waals surface area contributed by atoms with Crippen LogP contribution in [0, 0.1) is 6.92 Å². The fraction of sp³-hybridized carbons (Fsp3) is 0.417. The van der Waals surface area contributed by atoms with E-state index in [4.69, 9.17) is 5.11 Å². The topological polar surface area (TPSA) is 61.4 Å². The second-order valence-electron chi connectivity index (χ2n) is 3.61. The number of rotatable bonds is 5. The van der Waals surface area contributed by atoms with Crippen LogP contribution in [0.2, 0.25) is 0 Å². The lowest BCUT2D eigenvalue weighted by atomic mass is 10.1. The number of urea groups is 1. The Morgan fingerprint density at radius 2 is 2.06 bits per heavy atom. The molecule has 16 heavy (non-hydrogen) atoms. The molecule has 0 aliphatic rings. The molecule has 1 aromatic rings. The Labute approximate surface area is 95.7 Å². The van der Waals surface area contributed by atoms with E-state index in [1.807, 2.05) is 31.2 Å². The Balaban J connectivity index is 2.29. The van der Waals surface area contributed by atoms with Gasteiger partial charge in [-0.1, -0.05) is 24.3 Å². The molecule has 0 radical (unpaired) electrons. The highest BCUT2D eigenvalue weighted by molar-refractivity contribution is 5.73. The van der Waals surface area contributed by atoms with Crippen molar-refractivity contribution in [2.24, 2.45) is 0 Å². The molecule has 0 spiro atoms. The van der Waals surface area contributed by atoms with Gasteiger partial charge in [0.25, 0.3) is 0 Å². The van der Waals surface area contributed by atoms with Crippen LogP contribution < -0.4 is 10.6 Å². The van der Waals surface area contributed by atoms with Crippen molar-refractivity contribution in [3.63, 3.8) is 0 Å². The molecule has 0 fully saturated rings. The number of hydrogen-bond donors (Lipinski definition) is 3. The van der Waals surface area contributed by atoms with Gasteiger partial charge in [0.1, 0.15) is 0 Å². The normalized spacial score (nSPS) is 9.88. The molecule has 0 heterocycles. The third-order valence-corrected chi connectivity index (χ3v) is 2.32. The van der Waals surface area contributed by atoms with Crippen LogP contribution in [-0.4, -0.2) is 24.3 Å². The fourth-order valence-corrected chi connectivity index (χ4v) is 1.33. The van der Waals surface area contributed by atoms with E-state index in [0.717, 1.165) is 11.1 Å². The zero-order valence-corrected chi connectivity index (χ0v) is 9.49. The molecular weight excluding hydrogens is 204 g/mol. The number of carbonyl (C=O) groups excluding carboxylic acids is 1. The predicted molar refractivity (Wildman–Crippen MR) is 63.1 cm³/mol. The van der Waals surface area contributed by atoms with Crippen LogP contribution in [0.3, 0.4) is 0 Å². The van der Waals surface area contributed by atoms with Gasteiger partial charge in [-0.3, -0.25) is 0 Å². The van der Waals surface area contributed by atoms with Gasteiger partial charge < -0.3 is 15.7 Å². The van der Waals surface area contributed by atoms with Gasteiger partial charge in [-0.2, -0.15) is 0 Å². The first kappa shape index (κ1) is 12.5. The van der Waals surface area contributed by atoms with E-state index in [9.17, 15) is 4.79 Å². The Kier molecular flexibility index (Phi) is 5.36. The van der Waals surface area contributed by atoms with Crippen LogP contribution >= 0.6 is 0 Å². The van der Waals surface area contributed by atoms with Gasteiger partial charge in [0.15, 0.2) is 0 Å². The minimum Gasteiger partial charge on any atom is -0.396 e. The quantitative estimate of drug-likeness (QED) is 0.655. The molecule has 1 rings (SSSR count). The van der Waals surface area contributed by atoms with E-state index in [1.165, 1.54) is 0 Å². The largest absolute Gasteiger partial charge is 0.396 e. The number of benzene rings is 1. The number of hydrogen-bond acceptors (Lipinski definition) is 2. The molecule has 0 bridgehead atoms. The van der Waals surface area contributed by atoms with E-state index < -0.39 is 0 Å². The number of aryl methyl sites for hydroxylation is 1. The molecule has 0 saturated carbocycles. The molecule has 2 amide bonds. The van der Waals surface area contributed by atoms with E-state index >= 15 is 0 Å². The lowest BCUT2D eigenvalue weighted by Gasteiger charge is -2.08. The summed E-state index contributed by atoms with van der Waals surface area (Å²) in [7, 11) is 0. The van der Waals surface area contributed by atoms with Crippen molar-refractivity contribution in [1.82, 2.24) is 10.6 Å². The first-order valence-corrected chi connectivity index (χ1v) is 5.41. The Hall–Kier alpha value is -1.55. The number of nitrogens with one attached hydrogen (secondary N) is 2. The molecule has 4 heteroatoms. The van der Waals surface area contributed by atoms with Crippen molar-refractivity contribution in [3.8, 4) is 0 Å². The second-order valence-corrected chi connectivity index (χ2v) is 3.61. The average Bonchev–Trinajstić information content (AvgIpc) is 2.28. The minimum atomic E-state index is -0.197. The van der Waals surface area contributed by atoms with E-state index in [-0.39, 0.29) is 12.6 Å². The third-order valence-electron chi connectivity index (χ3n) is 2.32. The maximum atomic E-state index is 11.3. The SMILES string of the molecule is Cc1ccccc1CNC(=O)NCCCO. The second kappa shape index (κ2) is 6.85. The number of carbonyl (C=O) groups is 1. The van der Waals surface area contributed by atoms with Gasteiger partial charge in [0.2, 0.25) is 0 Å². The summed E-state index contributed by atoms with van der Waals surface area (Å²) >= 11 is 0. The number of amides is 2. The summed E-state index contributed by atoms with van der Waals surface area (Å²) in [5, 5.41) is 14.0. The molecular formula is C12H18N2O2. The monoisotopic (exact) mass is 222 g/mol. The standard InChI is InChI=1S/C12H18N2O2/c1-10-5-2-3-6-11(10)9-14-12(16)13-7-4-8-15/h2-3,5-6,15H,4,7-9H2,1H3,(H2,13,14,16). The highest BCUT2D eigenvalue weighted by Gasteiger charge is 2.00. The molecule has 3 N–H and O–H groups in total. The Bertz CT molecular complexity index is 340. The molecule has 0 saturated heterocycles. The number of aliphatic hydroxyl groups excluding tert-OH is 1. The zero-order valence-electron chi connectivity index (χ0n) is 9.49. The summed E-state index contributed by atoms with van der Waals surface area (Å²) in [6, 6.07) is 7.73. The molecule has 0 aliphatic heterocycles. The van der Waals surface area contributed by atoms with E-state index in [2.05, 4.69) is 10.6 Å². The lowest BCUT2D eigenvalue weighted by Crippen LogP contribution is -2.35. The lowest BCUT2D eigenvalue weighted by molar-refractivity contribution is 0.237. The van der Waals surface area contributed by atoms with Crippen LogP contribution in [0.4, 0.5) is 4.79 Å². The Morgan fingerprint density at radius 1 is 1.31 bits per heavy atom. The van der Waals surface area contributed by atoms with Crippen LogP contribution in [0.5, 0.6) is 0 Å². The summed E-state index contributed by atoms with van der Waals surface area (Å²) < 4.78 is 0. The number of aliphatic hydroxyl groups is 1. The molecule has 0 atom stereocenters. The maximum Gasteiger partial charge on any atom is 0.315 e. The highest BCUT2D eigenvalue weighted by Crippen LogP contribution is 2.05. The third kappa shape index (κ3) is 4.31. The van der Waals surface area contributed by atoms with Gasteiger partial charge >= 0.3 is 6.03 Å². The van der Waals surface area contributed by atoms with E-state index in [1.54, 1.807) is 0 Å². The predicted octanol–water partition coefficient (Wildman–Crippen LogP) is 1.18. The van der Waals surface area contributed by atoms with Crippen molar-refractivity contribution in [3.05, 3.63) is 35.4 Å². The molecule has 1 aromatic carbocycles. The summed E-state index contributed by atoms with van der Waals surface area (Å²) in [4.78, 5) is 11.3. The van der Waals surface area contributed by atoms with Crippen molar-refractivity contribution >= 4 is 6.03 Å². The Morgan fingerprint density at radius 3 is 2.75 bits per heavy atom. The molecule has 0 unspecified atom stereocenters. The van der Waals surface area contributed by atoms with Crippen LogP contribution in [-0.2, 0) is 6.54 Å². The first-order chi connectivity index (χ1) is 7.74. The van der Waals surface area contributed by atoms with Crippen molar-refractivity contribution in [2.45, 2.75) is 19.9 Å². The van der Waals surface area contributed by atoms with Crippen LogP contribution in [0.15, 0.2) is 24.3 Å². The van der Waals surface area contributed by atoms with Crippen molar-refractivity contribution in [2.75, 3.05) is 13.2 Å². The summed E-state index contributed by atoms with van der Waals surface area (Å²) in [6.45, 7) is 3.13. The molecule has 88 valence electrons. The van der Waals surface area contributed by atoms with Gasteiger partial charge in [0, 0.05) is 19.7 Å². The van der Waals surface area contributed by atoms with Gasteiger partial charge in [-0.15, -0.1) is 0 Å². The zero-order chi connectivity index (χ0) is 11.8. The van der Waals surface area contributed by atoms with Crippen molar-refractivity contribution < 1.29 is 9.90 Å². The molecule has 0 aliphatic carbocycles. The first-order valence-electron chi connectivity index (χ1n) is 5.41. The summed E-state index contributed by atoms with van der Waals surface area (Å²) in [5.41, 5.74) is 2.28. The maximum absolute atomic E-state index is 11.3. The van der Waals surface area contributed by atoms with Crippen LogP contribution in [0.25, 0.3) is 0 Å². The summed E-state index contributed by atoms with van der Waals surface area (Å²) in [6.07, 6.45) is 0.581. The average molecular weight is 222 g/mol. The highest BCUT2D eigenvalue weighted by atomic mass is 16.3. The smallest absolute Gasteiger partial charge is 0.315 e.